The van der Waals surface area contributed by atoms with Crippen LogP contribution in [0.4, 0.5) is 11.4 Å². The molecule has 1 fully saturated rings. The summed E-state index contributed by atoms with van der Waals surface area (Å²) in [6.07, 6.45) is 0.944. The molecule has 1 atom stereocenters. The van der Waals surface area contributed by atoms with Crippen molar-refractivity contribution >= 4 is 23.2 Å². The summed E-state index contributed by atoms with van der Waals surface area (Å²) in [6, 6.07) is 25.4. The summed E-state index contributed by atoms with van der Waals surface area (Å²) in [7, 11) is 0. The zero-order valence-corrected chi connectivity index (χ0v) is 17.6. The summed E-state index contributed by atoms with van der Waals surface area (Å²) in [5, 5.41) is 3.05. The highest BCUT2D eigenvalue weighted by Gasteiger charge is 2.35. The van der Waals surface area contributed by atoms with Crippen LogP contribution in [0.3, 0.4) is 0 Å². The van der Waals surface area contributed by atoms with Gasteiger partial charge in [0.1, 0.15) is 5.75 Å². The minimum atomic E-state index is -0.385. The zero-order valence-electron chi connectivity index (χ0n) is 17.6. The summed E-state index contributed by atoms with van der Waals surface area (Å²) in [5.41, 5.74) is 3.81. The molecule has 0 bridgehead atoms. The number of benzene rings is 3. The minimum Gasteiger partial charge on any atom is -0.494 e. The van der Waals surface area contributed by atoms with Crippen LogP contribution in [0.1, 0.15) is 24.5 Å². The number of amides is 2. The van der Waals surface area contributed by atoms with Gasteiger partial charge in [0.05, 0.1) is 12.5 Å². The Morgan fingerprint density at radius 1 is 1.00 bits per heavy atom. The zero-order chi connectivity index (χ0) is 21.6. The maximum Gasteiger partial charge on any atom is 0.229 e. The van der Waals surface area contributed by atoms with E-state index in [2.05, 4.69) is 17.4 Å². The first-order chi connectivity index (χ1) is 15.1. The van der Waals surface area contributed by atoms with Crippen LogP contribution < -0.4 is 15.0 Å². The molecular weight excluding hydrogens is 388 g/mol. The lowest BCUT2D eigenvalue weighted by Gasteiger charge is -2.18. The number of hydrogen-bond acceptors (Lipinski definition) is 3. The van der Waals surface area contributed by atoms with E-state index in [1.165, 1.54) is 5.56 Å². The Bertz CT molecular complexity index is 1050. The van der Waals surface area contributed by atoms with Gasteiger partial charge in [-0.2, -0.15) is 0 Å². The van der Waals surface area contributed by atoms with Crippen LogP contribution in [-0.2, 0) is 16.0 Å². The van der Waals surface area contributed by atoms with Crippen molar-refractivity contribution in [3.63, 3.8) is 0 Å². The van der Waals surface area contributed by atoms with E-state index in [1.54, 1.807) is 4.90 Å². The normalized spacial score (nSPS) is 15.7. The molecule has 31 heavy (non-hydrogen) atoms. The largest absolute Gasteiger partial charge is 0.494 e. The highest BCUT2D eigenvalue weighted by molar-refractivity contribution is 6.03. The van der Waals surface area contributed by atoms with Gasteiger partial charge in [-0.05, 0) is 54.8 Å². The van der Waals surface area contributed by atoms with Gasteiger partial charge in [-0.3, -0.25) is 9.59 Å². The maximum atomic E-state index is 13.0. The summed E-state index contributed by atoms with van der Waals surface area (Å²) in [6.45, 7) is 2.90. The fourth-order valence-electron chi connectivity index (χ4n) is 3.87. The molecule has 1 aliphatic heterocycles. The number of carbonyl (C=O) groups is 2. The van der Waals surface area contributed by atoms with E-state index in [0.717, 1.165) is 29.1 Å². The van der Waals surface area contributed by atoms with Crippen LogP contribution in [0.5, 0.6) is 5.75 Å². The molecule has 1 heterocycles. The van der Waals surface area contributed by atoms with Crippen LogP contribution >= 0.6 is 0 Å². The van der Waals surface area contributed by atoms with Crippen LogP contribution in [-0.4, -0.2) is 25.0 Å². The Hall–Kier alpha value is -3.60. The van der Waals surface area contributed by atoms with Crippen molar-refractivity contribution in [3.8, 4) is 5.75 Å². The van der Waals surface area contributed by atoms with E-state index >= 15 is 0 Å². The van der Waals surface area contributed by atoms with Crippen LogP contribution in [0.15, 0.2) is 78.9 Å². The van der Waals surface area contributed by atoms with Crippen molar-refractivity contribution in [1.82, 2.24) is 0 Å². The molecule has 5 nitrogen and oxygen atoms in total. The lowest BCUT2D eigenvalue weighted by Crippen LogP contribution is -2.28. The Morgan fingerprint density at radius 2 is 1.71 bits per heavy atom. The molecule has 5 heteroatoms. The third-order valence-corrected chi connectivity index (χ3v) is 5.47. The van der Waals surface area contributed by atoms with Crippen molar-refractivity contribution in [3.05, 3.63) is 90.0 Å². The number of nitrogens with zero attached hydrogens (tertiary/aromatic N) is 1. The Kier molecular flexibility index (Phi) is 6.32. The highest BCUT2D eigenvalue weighted by Crippen LogP contribution is 2.28. The van der Waals surface area contributed by atoms with E-state index in [1.807, 2.05) is 73.7 Å². The minimum absolute atomic E-state index is 0.0399. The summed E-state index contributed by atoms with van der Waals surface area (Å²) in [5.74, 6) is 0.218. The van der Waals surface area contributed by atoms with Crippen molar-refractivity contribution in [2.24, 2.45) is 5.92 Å². The maximum absolute atomic E-state index is 13.0. The van der Waals surface area contributed by atoms with E-state index < -0.39 is 0 Å². The van der Waals surface area contributed by atoms with E-state index in [4.69, 9.17) is 4.74 Å². The molecule has 1 saturated heterocycles. The van der Waals surface area contributed by atoms with E-state index in [0.29, 0.717) is 13.2 Å². The van der Waals surface area contributed by atoms with Crippen LogP contribution in [0, 0.1) is 5.92 Å². The number of anilines is 2. The Morgan fingerprint density at radius 3 is 2.45 bits per heavy atom. The van der Waals surface area contributed by atoms with Gasteiger partial charge in [0.15, 0.2) is 0 Å². The molecule has 4 rings (SSSR count). The lowest BCUT2D eigenvalue weighted by atomic mass is 10.0. The molecule has 3 aromatic rings. The highest BCUT2D eigenvalue weighted by atomic mass is 16.5. The van der Waals surface area contributed by atoms with Gasteiger partial charge in [0.2, 0.25) is 11.8 Å². The van der Waals surface area contributed by atoms with Gasteiger partial charge in [-0.15, -0.1) is 0 Å². The predicted molar refractivity (Wildman–Crippen MR) is 122 cm³/mol. The first kappa shape index (κ1) is 20.7. The van der Waals surface area contributed by atoms with Gasteiger partial charge in [-0.1, -0.05) is 48.5 Å². The van der Waals surface area contributed by atoms with E-state index in [-0.39, 0.29) is 24.2 Å². The Balaban J connectivity index is 1.43. The molecule has 1 unspecified atom stereocenters. The second-order valence-corrected chi connectivity index (χ2v) is 7.64. The van der Waals surface area contributed by atoms with Crippen molar-refractivity contribution in [1.29, 1.82) is 0 Å². The molecule has 0 aromatic heterocycles. The molecule has 0 radical (unpaired) electrons. The van der Waals surface area contributed by atoms with Crippen LogP contribution in [0.2, 0.25) is 0 Å². The molecule has 3 aromatic carbocycles. The molecule has 0 aliphatic carbocycles. The number of ether oxygens (including phenoxy) is 1. The number of para-hydroxylation sites is 1. The third-order valence-electron chi connectivity index (χ3n) is 5.47. The average Bonchev–Trinajstić information content (AvgIpc) is 3.18. The molecule has 0 spiro atoms. The smallest absolute Gasteiger partial charge is 0.229 e. The van der Waals surface area contributed by atoms with Crippen LogP contribution in [0.25, 0.3) is 0 Å². The van der Waals surface area contributed by atoms with Gasteiger partial charge in [0, 0.05) is 24.3 Å². The summed E-state index contributed by atoms with van der Waals surface area (Å²) >= 11 is 0. The molecule has 1 aliphatic rings. The topological polar surface area (TPSA) is 58.6 Å². The number of hydrogen-bond donors (Lipinski definition) is 1. The quantitative estimate of drug-likeness (QED) is 0.611. The second kappa shape index (κ2) is 9.47. The number of carbonyl (C=O) groups excluding carboxylic acids is 2. The SMILES string of the molecule is CCOc1ccc(N2CC(C(=O)Nc3ccccc3Cc3ccccc3)CC2=O)cc1. The van der Waals surface area contributed by atoms with Crippen molar-refractivity contribution in [2.45, 2.75) is 19.8 Å². The fourth-order valence-corrected chi connectivity index (χ4v) is 3.87. The van der Waals surface area contributed by atoms with Crippen molar-refractivity contribution < 1.29 is 14.3 Å². The molecule has 158 valence electrons. The Labute approximate surface area is 182 Å². The monoisotopic (exact) mass is 414 g/mol. The van der Waals surface area contributed by atoms with Gasteiger partial charge < -0.3 is 15.0 Å². The van der Waals surface area contributed by atoms with Crippen molar-refractivity contribution in [2.75, 3.05) is 23.4 Å². The first-order valence-electron chi connectivity index (χ1n) is 10.6. The molecule has 0 saturated carbocycles. The molecule has 2 amide bonds. The second-order valence-electron chi connectivity index (χ2n) is 7.64. The third kappa shape index (κ3) is 4.94. The van der Waals surface area contributed by atoms with E-state index in [9.17, 15) is 9.59 Å². The first-order valence-corrected chi connectivity index (χ1v) is 10.6. The fraction of sp³-hybridized carbons (Fsp3) is 0.231. The summed E-state index contributed by atoms with van der Waals surface area (Å²) < 4.78 is 5.46. The molecular formula is C26H26N2O3. The van der Waals surface area contributed by atoms with Gasteiger partial charge >= 0.3 is 0 Å². The molecule has 1 N–H and O–H groups in total. The predicted octanol–water partition coefficient (Wildman–Crippen LogP) is 4.67. The van der Waals surface area contributed by atoms with Gasteiger partial charge in [0.25, 0.3) is 0 Å². The average molecular weight is 415 g/mol. The number of rotatable bonds is 7. The van der Waals surface area contributed by atoms with Gasteiger partial charge in [-0.25, -0.2) is 0 Å². The summed E-state index contributed by atoms with van der Waals surface area (Å²) in [4.78, 5) is 27.2. The number of nitrogens with one attached hydrogen (secondary N) is 1. The lowest BCUT2D eigenvalue weighted by molar-refractivity contribution is -0.122. The standard InChI is InChI=1S/C26H26N2O3/c1-2-31-23-14-12-22(13-15-23)28-18-21(17-25(28)29)26(30)27-24-11-7-6-10-20(24)16-19-8-4-3-5-9-19/h3-15,21H,2,16-18H2,1H3,(H,27,30).